The molecule has 0 aliphatic heterocycles. The average molecular weight is 244 g/mol. The van der Waals surface area contributed by atoms with E-state index in [0.717, 1.165) is 22.3 Å². The van der Waals surface area contributed by atoms with Gasteiger partial charge < -0.3 is 10.3 Å². The van der Waals surface area contributed by atoms with Crippen LogP contribution < -0.4 is 5.32 Å². The van der Waals surface area contributed by atoms with Crippen LogP contribution in [-0.2, 0) is 4.79 Å². The van der Waals surface area contributed by atoms with Crippen LogP contribution in [0.25, 0.3) is 10.9 Å². The molecule has 0 saturated carbocycles. The Bertz CT molecular complexity index is 576. The maximum atomic E-state index is 12.0. The maximum absolute atomic E-state index is 12.0. The Morgan fingerprint density at radius 1 is 1.33 bits per heavy atom. The number of hydrogen-bond donors (Lipinski definition) is 2. The van der Waals surface area contributed by atoms with Gasteiger partial charge in [0.2, 0.25) is 5.91 Å². The molecule has 1 aromatic heterocycles. The molecule has 0 aliphatic carbocycles. The molecular weight excluding hydrogens is 224 g/mol. The lowest BCUT2D eigenvalue weighted by molar-refractivity contribution is -0.117. The fraction of sp³-hybridized carbons (Fsp3) is 0.400. The highest BCUT2D eigenvalue weighted by atomic mass is 16.1. The lowest BCUT2D eigenvalue weighted by Gasteiger charge is -2.17. The van der Waals surface area contributed by atoms with Crippen molar-refractivity contribution in [1.82, 2.24) is 4.98 Å². The molecule has 0 spiro atoms. The van der Waals surface area contributed by atoms with Crippen molar-refractivity contribution in [3.63, 3.8) is 0 Å². The number of aromatic amines is 1. The zero-order valence-corrected chi connectivity index (χ0v) is 11.4. The second-order valence-electron chi connectivity index (χ2n) is 6.00. The van der Waals surface area contributed by atoms with Crippen LogP contribution in [0.1, 0.15) is 32.9 Å². The Morgan fingerprint density at radius 2 is 2.06 bits per heavy atom. The van der Waals surface area contributed by atoms with E-state index in [1.165, 1.54) is 0 Å². The summed E-state index contributed by atoms with van der Waals surface area (Å²) < 4.78 is 0. The fourth-order valence-electron chi connectivity index (χ4n) is 2.08. The van der Waals surface area contributed by atoms with Gasteiger partial charge in [0.05, 0.1) is 5.69 Å². The number of carbonyl (C=O) groups excluding carboxylic acids is 1. The highest BCUT2D eigenvalue weighted by molar-refractivity contribution is 6.01. The Hall–Kier alpha value is -1.77. The van der Waals surface area contributed by atoms with Gasteiger partial charge in [0.25, 0.3) is 0 Å². The molecule has 0 aliphatic rings. The van der Waals surface area contributed by atoms with Crippen molar-refractivity contribution in [2.75, 3.05) is 5.32 Å². The minimum Gasteiger partial charge on any atom is -0.359 e. The zero-order chi connectivity index (χ0) is 13.3. The molecule has 0 fully saturated rings. The van der Waals surface area contributed by atoms with E-state index in [0.29, 0.717) is 6.42 Å². The first kappa shape index (κ1) is 12.7. The van der Waals surface area contributed by atoms with Crippen LogP contribution in [-0.4, -0.2) is 10.9 Å². The van der Waals surface area contributed by atoms with E-state index in [-0.39, 0.29) is 11.3 Å². The van der Waals surface area contributed by atoms with E-state index in [4.69, 9.17) is 0 Å². The minimum absolute atomic E-state index is 0.00599. The lowest BCUT2D eigenvalue weighted by Crippen LogP contribution is -2.19. The Balaban J connectivity index is 2.24. The van der Waals surface area contributed by atoms with Crippen LogP contribution in [0.4, 0.5) is 5.69 Å². The van der Waals surface area contributed by atoms with E-state index in [2.05, 4.69) is 37.1 Å². The van der Waals surface area contributed by atoms with Crippen LogP contribution in [0.3, 0.4) is 0 Å². The van der Waals surface area contributed by atoms with Gasteiger partial charge in [-0.2, -0.15) is 0 Å². The fourth-order valence-corrected chi connectivity index (χ4v) is 2.08. The summed E-state index contributed by atoms with van der Waals surface area (Å²) in [5.74, 6) is 0.0638. The van der Waals surface area contributed by atoms with Crippen LogP contribution >= 0.6 is 0 Å². The molecule has 0 bridgehead atoms. The Labute approximate surface area is 108 Å². The van der Waals surface area contributed by atoms with E-state index in [1.807, 2.05) is 25.1 Å². The van der Waals surface area contributed by atoms with Crippen molar-refractivity contribution in [1.29, 1.82) is 0 Å². The molecule has 18 heavy (non-hydrogen) atoms. The predicted molar refractivity (Wildman–Crippen MR) is 75.7 cm³/mol. The normalized spacial score (nSPS) is 11.8. The van der Waals surface area contributed by atoms with Gasteiger partial charge in [0, 0.05) is 23.0 Å². The van der Waals surface area contributed by atoms with Crippen LogP contribution in [0, 0.1) is 12.3 Å². The first-order valence-corrected chi connectivity index (χ1v) is 6.23. The molecule has 2 N–H and O–H groups in total. The number of anilines is 1. The molecule has 2 rings (SSSR count). The Kier molecular flexibility index (Phi) is 3.16. The van der Waals surface area contributed by atoms with Gasteiger partial charge in [-0.05, 0) is 30.5 Å². The summed E-state index contributed by atoms with van der Waals surface area (Å²) in [6.45, 7) is 8.20. The quantitative estimate of drug-likeness (QED) is 0.828. The maximum Gasteiger partial charge on any atom is 0.224 e. The third kappa shape index (κ3) is 2.92. The van der Waals surface area contributed by atoms with Gasteiger partial charge in [-0.1, -0.05) is 26.8 Å². The number of H-pyrrole nitrogens is 1. The van der Waals surface area contributed by atoms with E-state index >= 15 is 0 Å². The van der Waals surface area contributed by atoms with Crippen molar-refractivity contribution >= 4 is 22.5 Å². The van der Waals surface area contributed by atoms with Crippen molar-refractivity contribution < 1.29 is 4.79 Å². The van der Waals surface area contributed by atoms with Gasteiger partial charge in [0.15, 0.2) is 0 Å². The molecule has 1 amide bonds. The molecule has 0 unspecified atom stereocenters. The summed E-state index contributed by atoms with van der Waals surface area (Å²) in [5.41, 5.74) is 3.04. The predicted octanol–water partition coefficient (Wildman–Crippen LogP) is 3.85. The van der Waals surface area contributed by atoms with E-state index in [9.17, 15) is 4.79 Å². The number of amides is 1. The molecule has 3 heteroatoms. The zero-order valence-electron chi connectivity index (χ0n) is 11.4. The standard InChI is InChI=1S/C15H20N2O/c1-10-8-11-12(16-10)6-5-7-13(11)17-14(18)9-15(2,3)4/h5-8,16H,9H2,1-4H3,(H,17,18). The highest BCUT2D eigenvalue weighted by Crippen LogP contribution is 2.25. The highest BCUT2D eigenvalue weighted by Gasteiger charge is 2.16. The molecule has 2 aromatic rings. The first-order valence-electron chi connectivity index (χ1n) is 6.23. The van der Waals surface area contributed by atoms with Crippen molar-refractivity contribution in [3.05, 3.63) is 30.0 Å². The number of hydrogen-bond acceptors (Lipinski definition) is 1. The van der Waals surface area contributed by atoms with Crippen LogP contribution in [0.15, 0.2) is 24.3 Å². The number of fused-ring (bicyclic) bond motifs is 1. The molecule has 0 saturated heterocycles. The largest absolute Gasteiger partial charge is 0.359 e. The lowest BCUT2D eigenvalue weighted by atomic mass is 9.92. The third-order valence-corrected chi connectivity index (χ3v) is 2.76. The molecular formula is C15H20N2O. The van der Waals surface area contributed by atoms with Gasteiger partial charge in [-0.25, -0.2) is 0 Å². The smallest absolute Gasteiger partial charge is 0.224 e. The van der Waals surface area contributed by atoms with Gasteiger partial charge in [0.1, 0.15) is 0 Å². The monoisotopic (exact) mass is 244 g/mol. The second-order valence-corrected chi connectivity index (χ2v) is 6.00. The van der Waals surface area contributed by atoms with Crippen molar-refractivity contribution in [3.8, 4) is 0 Å². The van der Waals surface area contributed by atoms with Crippen LogP contribution in [0.5, 0.6) is 0 Å². The molecule has 1 heterocycles. The molecule has 3 nitrogen and oxygen atoms in total. The third-order valence-electron chi connectivity index (χ3n) is 2.76. The number of benzene rings is 1. The van der Waals surface area contributed by atoms with E-state index in [1.54, 1.807) is 0 Å². The first-order chi connectivity index (χ1) is 8.35. The summed E-state index contributed by atoms with van der Waals surface area (Å²) in [5, 5.41) is 4.06. The van der Waals surface area contributed by atoms with Gasteiger partial charge >= 0.3 is 0 Å². The molecule has 0 radical (unpaired) electrons. The van der Waals surface area contributed by atoms with Crippen LogP contribution in [0.2, 0.25) is 0 Å². The summed E-state index contributed by atoms with van der Waals surface area (Å²) in [6, 6.07) is 7.96. The number of carbonyl (C=O) groups is 1. The number of aryl methyl sites for hydroxylation is 1. The summed E-state index contributed by atoms with van der Waals surface area (Å²) in [4.78, 5) is 15.2. The SMILES string of the molecule is Cc1cc2c(NC(=O)CC(C)(C)C)cccc2[nH]1. The van der Waals surface area contributed by atoms with E-state index < -0.39 is 0 Å². The summed E-state index contributed by atoms with van der Waals surface area (Å²) >= 11 is 0. The minimum atomic E-state index is 0.00599. The van der Waals surface area contributed by atoms with Gasteiger partial charge in [-0.3, -0.25) is 4.79 Å². The molecule has 96 valence electrons. The number of rotatable bonds is 2. The topological polar surface area (TPSA) is 44.9 Å². The number of aromatic nitrogens is 1. The van der Waals surface area contributed by atoms with Crippen molar-refractivity contribution in [2.24, 2.45) is 5.41 Å². The number of nitrogens with one attached hydrogen (secondary N) is 2. The Morgan fingerprint density at radius 3 is 2.72 bits per heavy atom. The van der Waals surface area contributed by atoms with Gasteiger partial charge in [-0.15, -0.1) is 0 Å². The molecule has 0 atom stereocenters. The average Bonchev–Trinajstić information content (AvgIpc) is 2.56. The molecule has 1 aromatic carbocycles. The van der Waals surface area contributed by atoms with Crippen molar-refractivity contribution in [2.45, 2.75) is 34.1 Å². The second kappa shape index (κ2) is 4.48. The summed E-state index contributed by atoms with van der Waals surface area (Å²) in [7, 11) is 0. The summed E-state index contributed by atoms with van der Waals surface area (Å²) in [6.07, 6.45) is 0.521.